The van der Waals surface area contributed by atoms with Gasteiger partial charge in [0.1, 0.15) is 0 Å². The van der Waals surface area contributed by atoms with Crippen molar-refractivity contribution in [2.75, 3.05) is 25.0 Å². The number of aryl methyl sites for hydroxylation is 2. The minimum absolute atomic E-state index is 0.193. The molecular formula is C15H21F3N4. The van der Waals surface area contributed by atoms with Crippen molar-refractivity contribution in [1.82, 2.24) is 4.90 Å². The highest BCUT2D eigenvalue weighted by atomic mass is 19.4. The summed E-state index contributed by atoms with van der Waals surface area (Å²) in [5.41, 5.74) is 8.99. The van der Waals surface area contributed by atoms with Crippen molar-refractivity contribution in [1.29, 1.82) is 0 Å². The summed E-state index contributed by atoms with van der Waals surface area (Å²) in [6, 6.07) is 5.64. The third-order valence-corrected chi connectivity index (χ3v) is 3.75. The van der Waals surface area contributed by atoms with Crippen LogP contribution in [0.2, 0.25) is 0 Å². The monoisotopic (exact) mass is 314 g/mol. The van der Waals surface area contributed by atoms with Gasteiger partial charge in [0, 0.05) is 18.8 Å². The predicted molar refractivity (Wildman–Crippen MR) is 82.1 cm³/mol. The Labute approximate surface area is 128 Å². The van der Waals surface area contributed by atoms with E-state index in [2.05, 4.69) is 10.3 Å². The summed E-state index contributed by atoms with van der Waals surface area (Å²) in [7, 11) is 0. The summed E-state index contributed by atoms with van der Waals surface area (Å²) in [6.45, 7) is 3.81. The molecule has 0 saturated carbocycles. The number of rotatable bonds is 3. The Bertz CT molecular complexity index is 554. The number of alkyl halides is 3. The summed E-state index contributed by atoms with van der Waals surface area (Å²) in [5, 5.41) is 2.99. The number of hydrogen-bond acceptors (Lipinski definition) is 2. The Morgan fingerprint density at radius 1 is 1.36 bits per heavy atom. The molecule has 4 nitrogen and oxygen atoms in total. The van der Waals surface area contributed by atoms with Gasteiger partial charge in [-0.2, -0.15) is 13.2 Å². The molecule has 0 aromatic heterocycles. The molecule has 0 radical (unpaired) electrons. The van der Waals surface area contributed by atoms with Crippen molar-refractivity contribution >= 4 is 11.6 Å². The highest BCUT2D eigenvalue weighted by Gasteiger charge is 2.34. The molecule has 1 aliphatic heterocycles. The fourth-order valence-corrected chi connectivity index (χ4v) is 2.51. The summed E-state index contributed by atoms with van der Waals surface area (Å²) in [4.78, 5) is 5.64. The minimum atomic E-state index is -4.16. The molecule has 1 aliphatic rings. The fourth-order valence-electron chi connectivity index (χ4n) is 2.51. The van der Waals surface area contributed by atoms with Crippen LogP contribution in [-0.4, -0.2) is 42.7 Å². The first-order chi connectivity index (χ1) is 10.2. The van der Waals surface area contributed by atoms with Gasteiger partial charge in [-0.3, -0.25) is 4.90 Å². The number of likely N-dealkylation sites (tertiary alicyclic amines) is 1. The third kappa shape index (κ3) is 4.91. The minimum Gasteiger partial charge on any atom is -0.370 e. The lowest BCUT2D eigenvalue weighted by Gasteiger charge is -2.17. The van der Waals surface area contributed by atoms with Gasteiger partial charge in [-0.05, 0) is 43.5 Å². The van der Waals surface area contributed by atoms with Gasteiger partial charge in [0.15, 0.2) is 5.96 Å². The fraction of sp³-hybridized carbons (Fsp3) is 0.533. The van der Waals surface area contributed by atoms with Crippen LogP contribution in [0.3, 0.4) is 0 Å². The van der Waals surface area contributed by atoms with Crippen LogP contribution in [-0.2, 0) is 0 Å². The number of nitrogens with zero attached hydrogens (tertiary/aromatic N) is 2. The zero-order valence-corrected chi connectivity index (χ0v) is 12.7. The van der Waals surface area contributed by atoms with E-state index in [-0.39, 0.29) is 18.5 Å². The van der Waals surface area contributed by atoms with Gasteiger partial charge in [0.25, 0.3) is 0 Å². The normalized spacial score (nSPS) is 20.4. The van der Waals surface area contributed by atoms with Crippen molar-refractivity contribution in [3.05, 3.63) is 29.3 Å². The molecular weight excluding hydrogens is 293 g/mol. The number of halogens is 3. The van der Waals surface area contributed by atoms with Gasteiger partial charge in [0.2, 0.25) is 0 Å². The van der Waals surface area contributed by atoms with E-state index in [9.17, 15) is 13.2 Å². The van der Waals surface area contributed by atoms with Crippen LogP contribution in [0.15, 0.2) is 23.2 Å². The van der Waals surface area contributed by atoms with E-state index >= 15 is 0 Å². The molecule has 122 valence electrons. The Morgan fingerprint density at radius 3 is 2.73 bits per heavy atom. The maximum Gasteiger partial charge on any atom is 0.401 e. The molecule has 1 aromatic rings. The molecule has 0 amide bonds. The molecule has 0 bridgehead atoms. The number of benzene rings is 1. The van der Waals surface area contributed by atoms with Crippen LogP contribution in [0.5, 0.6) is 0 Å². The van der Waals surface area contributed by atoms with Crippen LogP contribution >= 0.6 is 0 Å². The maximum absolute atomic E-state index is 12.3. The van der Waals surface area contributed by atoms with E-state index in [1.807, 2.05) is 32.0 Å². The summed E-state index contributed by atoms with van der Waals surface area (Å²) >= 11 is 0. The Hall–Kier alpha value is -1.76. The van der Waals surface area contributed by atoms with Crippen molar-refractivity contribution in [3.63, 3.8) is 0 Å². The number of guanidine groups is 1. The maximum atomic E-state index is 12.3. The van der Waals surface area contributed by atoms with Gasteiger partial charge in [0.05, 0.1) is 12.6 Å². The highest BCUT2D eigenvalue weighted by molar-refractivity contribution is 5.92. The predicted octanol–water partition coefficient (Wildman–Crippen LogP) is 2.67. The second-order valence-corrected chi connectivity index (χ2v) is 5.73. The Balaban J connectivity index is 1.91. The van der Waals surface area contributed by atoms with Gasteiger partial charge in [-0.15, -0.1) is 0 Å². The lowest BCUT2D eigenvalue weighted by Crippen LogP contribution is -2.33. The molecule has 1 unspecified atom stereocenters. The topological polar surface area (TPSA) is 53.6 Å². The summed E-state index contributed by atoms with van der Waals surface area (Å²) in [6.07, 6.45) is -3.58. The molecule has 0 aliphatic carbocycles. The summed E-state index contributed by atoms with van der Waals surface area (Å²) < 4.78 is 37.0. The van der Waals surface area contributed by atoms with E-state index in [1.54, 1.807) is 0 Å². The molecule has 2 rings (SSSR count). The van der Waals surface area contributed by atoms with Gasteiger partial charge in [-0.1, -0.05) is 6.07 Å². The molecule has 1 atom stereocenters. The largest absolute Gasteiger partial charge is 0.401 e. The van der Waals surface area contributed by atoms with Crippen molar-refractivity contribution < 1.29 is 13.2 Å². The first-order valence-corrected chi connectivity index (χ1v) is 7.19. The number of anilines is 1. The third-order valence-electron chi connectivity index (χ3n) is 3.75. The molecule has 7 heteroatoms. The average molecular weight is 314 g/mol. The average Bonchev–Trinajstić information content (AvgIpc) is 2.78. The molecule has 0 spiro atoms. The van der Waals surface area contributed by atoms with E-state index in [1.165, 1.54) is 10.5 Å². The number of aliphatic imine (C=N–C) groups is 1. The Kier molecular flexibility index (Phi) is 4.95. The van der Waals surface area contributed by atoms with Crippen LogP contribution < -0.4 is 11.1 Å². The number of nitrogens with one attached hydrogen (secondary N) is 1. The zero-order chi connectivity index (χ0) is 16.3. The van der Waals surface area contributed by atoms with Gasteiger partial charge in [-0.25, -0.2) is 4.99 Å². The van der Waals surface area contributed by atoms with Gasteiger partial charge >= 0.3 is 6.18 Å². The molecule has 1 aromatic carbocycles. The van der Waals surface area contributed by atoms with Gasteiger partial charge < -0.3 is 11.1 Å². The van der Waals surface area contributed by atoms with Crippen LogP contribution in [0.25, 0.3) is 0 Å². The number of hydrogen-bond donors (Lipinski definition) is 2. The lowest BCUT2D eigenvalue weighted by molar-refractivity contribution is -0.143. The molecule has 1 heterocycles. The quantitative estimate of drug-likeness (QED) is 0.666. The lowest BCUT2D eigenvalue weighted by atomic mass is 10.1. The Morgan fingerprint density at radius 2 is 2.09 bits per heavy atom. The first-order valence-electron chi connectivity index (χ1n) is 7.19. The SMILES string of the molecule is Cc1ccc(NC(N)=NC2CCN(CC(F)(F)F)C2)cc1C. The van der Waals surface area contributed by atoms with Crippen LogP contribution in [0.4, 0.5) is 18.9 Å². The smallest absolute Gasteiger partial charge is 0.370 e. The first kappa shape index (κ1) is 16.6. The van der Waals surface area contributed by atoms with Crippen LogP contribution in [0.1, 0.15) is 17.5 Å². The zero-order valence-electron chi connectivity index (χ0n) is 12.7. The highest BCUT2D eigenvalue weighted by Crippen LogP contribution is 2.21. The second kappa shape index (κ2) is 6.56. The summed E-state index contributed by atoms with van der Waals surface area (Å²) in [5.74, 6) is 0.238. The molecule has 1 saturated heterocycles. The molecule has 1 fully saturated rings. The van der Waals surface area contributed by atoms with E-state index in [4.69, 9.17) is 5.73 Å². The second-order valence-electron chi connectivity index (χ2n) is 5.73. The van der Waals surface area contributed by atoms with E-state index in [0.717, 1.165) is 11.3 Å². The van der Waals surface area contributed by atoms with E-state index < -0.39 is 12.7 Å². The van der Waals surface area contributed by atoms with Crippen molar-refractivity contribution in [3.8, 4) is 0 Å². The standard InChI is InChI=1S/C15H21F3N4/c1-10-3-4-12(7-11(10)2)20-14(19)21-13-5-6-22(8-13)9-15(16,17)18/h3-4,7,13H,5-6,8-9H2,1-2H3,(H3,19,20,21). The molecule has 3 N–H and O–H groups in total. The van der Waals surface area contributed by atoms with E-state index in [0.29, 0.717) is 13.0 Å². The van der Waals surface area contributed by atoms with Crippen LogP contribution in [0, 0.1) is 13.8 Å². The van der Waals surface area contributed by atoms with Crippen molar-refractivity contribution in [2.24, 2.45) is 10.7 Å². The number of nitrogens with two attached hydrogens (primary N) is 1. The molecule has 22 heavy (non-hydrogen) atoms. The van der Waals surface area contributed by atoms with Crippen molar-refractivity contribution in [2.45, 2.75) is 32.5 Å².